The zero-order valence-electron chi connectivity index (χ0n) is 10.7. The summed E-state index contributed by atoms with van der Waals surface area (Å²) in [5.41, 5.74) is 0.711. The molecule has 1 N–H and O–H groups in total. The van der Waals surface area contributed by atoms with Gasteiger partial charge in [0.15, 0.2) is 0 Å². The first-order valence-corrected chi connectivity index (χ1v) is 6.32. The molecule has 5 heteroatoms. The van der Waals surface area contributed by atoms with Crippen LogP contribution >= 0.6 is 11.6 Å². The molecule has 1 heterocycles. The molecule has 17 heavy (non-hydrogen) atoms. The fraction of sp³-hybridized carbons (Fsp3) is 0.667. The molecule has 0 spiro atoms. The Bertz CT molecular complexity index is 409. The molecule has 0 aliphatic carbocycles. The molecule has 0 saturated heterocycles. The summed E-state index contributed by atoms with van der Waals surface area (Å²) in [6.07, 6.45) is 1.77. The Balaban J connectivity index is 3.35. The summed E-state index contributed by atoms with van der Waals surface area (Å²) in [6, 6.07) is 0.160. The molecular weight excluding hydrogens is 240 g/mol. The summed E-state index contributed by atoms with van der Waals surface area (Å²) in [4.78, 5) is 11.2. The van der Waals surface area contributed by atoms with Crippen molar-refractivity contribution in [2.75, 3.05) is 0 Å². The van der Waals surface area contributed by atoms with Crippen LogP contribution in [-0.2, 0) is 0 Å². The normalized spacial score (nSPS) is 11.5. The lowest BCUT2D eigenvalue weighted by Crippen LogP contribution is -2.09. The number of carboxylic acid groups (broad SMARTS) is 1. The van der Waals surface area contributed by atoms with Gasteiger partial charge in [0.2, 0.25) is 0 Å². The van der Waals surface area contributed by atoms with Crippen LogP contribution in [0.2, 0.25) is 5.15 Å². The third-order valence-corrected chi connectivity index (χ3v) is 3.29. The number of nitrogens with zero attached hydrogens (tertiary/aromatic N) is 2. The lowest BCUT2D eigenvalue weighted by Gasteiger charge is -2.14. The highest BCUT2D eigenvalue weighted by Crippen LogP contribution is 2.30. The number of aromatic nitrogens is 2. The van der Waals surface area contributed by atoms with E-state index in [-0.39, 0.29) is 22.7 Å². The average molecular weight is 259 g/mol. The van der Waals surface area contributed by atoms with E-state index in [2.05, 4.69) is 5.10 Å². The number of hydrogen-bond acceptors (Lipinski definition) is 2. The van der Waals surface area contributed by atoms with Gasteiger partial charge >= 0.3 is 5.97 Å². The second-order valence-electron chi connectivity index (χ2n) is 4.43. The molecule has 1 aromatic heterocycles. The third kappa shape index (κ3) is 2.63. The van der Waals surface area contributed by atoms with Crippen molar-refractivity contribution >= 4 is 17.6 Å². The summed E-state index contributed by atoms with van der Waals surface area (Å²) < 4.78 is 1.65. The minimum Gasteiger partial charge on any atom is -0.478 e. The maximum Gasteiger partial charge on any atom is 0.340 e. The summed E-state index contributed by atoms with van der Waals surface area (Å²) in [7, 11) is 0. The Labute approximate surface area is 107 Å². The highest BCUT2D eigenvalue weighted by atomic mass is 35.5. The minimum absolute atomic E-state index is 0.0502. The molecule has 0 aliphatic heterocycles. The second kappa shape index (κ2) is 5.54. The number of halogens is 1. The van der Waals surface area contributed by atoms with Crippen LogP contribution in [0.1, 0.15) is 68.5 Å². The standard InChI is InChI=1S/C12H19ClN2O2/c1-5-8(6-2)15-11(13)9(12(16)17)10(14-15)7(3)4/h7-8H,5-6H2,1-4H3,(H,16,17). The average Bonchev–Trinajstić information content (AvgIpc) is 2.59. The maximum atomic E-state index is 11.2. The molecule has 0 aromatic carbocycles. The van der Waals surface area contributed by atoms with Gasteiger partial charge in [-0.25, -0.2) is 9.48 Å². The zero-order valence-corrected chi connectivity index (χ0v) is 11.5. The van der Waals surface area contributed by atoms with Crippen molar-refractivity contribution in [2.45, 2.75) is 52.5 Å². The predicted octanol–water partition coefficient (Wildman–Crippen LogP) is 3.72. The van der Waals surface area contributed by atoms with Crippen molar-refractivity contribution < 1.29 is 9.90 Å². The van der Waals surface area contributed by atoms with Crippen LogP contribution in [-0.4, -0.2) is 20.9 Å². The second-order valence-corrected chi connectivity index (χ2v) is 4.78. The number of carboxylic acids is 1. The molecule has 0 bridgehead atoms. The summed E-state index contributed by atoms with van der Waals surface area (Å²) in [5, 5.41) is 13.8. The molecule has 0 fully saturated rings. The number of rotatable bonds is 5. The summed E-state index contributed by atoms with van der Waals surface area (Å²) in [6.45, 7) is 7.92. The molecule has 4 nitrogen and oxygen atoms in total. The quantitative estimate of drug-likeness (QED) is 0.876. The molecule has 0 saturated carbocycles. The van der Waals surface area contributed by atoms with Crippen molar-refractivity contribution in [3.05, 3.63) is 16.4 Å². The highest BCUT2D eigenvalue weighted by molar-refractivity contribution is 6.32. The van der Waals surface area contributed by atoms with Gasteiger partial charge in [-0.15, -0.1) is 0 Å². The Hall–Kier alpha value is -1.03. The van der Waals surface area contributed by atoms with Crippen molar-refractivity contribution in [3.8, 4) is 0 Å². The van der Waals surface area contributed by atoms with Gasteiger partial charge in [-0.05, 0) is 18.8 Å². The summed E-state index contributed by atoms with van der Waals surface area (Å²) in [5.74, 6) is -0.954. The van der Waals surface area contributed by atoms with E-state index in [1.54, 1.807) is 4.68 Å². The molecule has 0 aliphatic rings. The van der Waals surface area contributed by atoms with Crippen molar-refractivity contribution in [3.63, 3.8) is 0 Å². The molecule has 0 unspecified atom stereocenters. The van der Waals surface area contributed by atoms with Gasteiger partial charge in [0, 0.05) is 0 Å². The van der Waals surface area contributed by atoms with E-state index in [4.69, 9.17) is 11.6 Å². The number of aromatic carboxylic acids is 1. The summed E-state index contributed by atoms with van der Waals surface area (Å²) >= 11 is 6.14. The van der Waals surface area contributed by atoms with Crippen molar-refractivity contribution in [1.82, 2.24) is 9.78 Å². The monoisotopic (exact) mass is 258 g/mol. The van der Waals surface area contributed by atoms with Crippen molar-refractivity contribution in [2.24, 2.45) is 0 Å². The van der Waals surface area contributed by atoms with E-state index in [0.29, 0.717) is 5.69 Å². The molecule has 1 rings (SSSR count). The van der Waals surface area contributed by atoms with Gasteiger partial charge < -0.3 is 5.11 Å². The van der Waals surface area contributed by atoms with Crippen LogP contribution in [0.4, 0.5) is 0 Å². The van der Waals surface area contributed by atoms with Gasteiger partial charge in [-0.2, -0.15) is 5.10 Å². The smallest absolute Gasteiger partial charge is 0.340 e. The minimum atomic E-state index is -1.00. The molecule has 0 amide bonds. The Morgan fingerprint density at radius 1 is 1.41 bits per heavy atom. The van der Waals surface area contributed by atoms with Crippen LogP contribution < -0.4 is 0 Å². The van der Waals surface area contributed by atoms with Crippen LogP contribution in [0.15, 0.2) is 0 Å². The largest absolute Gasteiger partial charge is 0.478 e. The molecule has 0 radical (unpaired) electrons. The maximum absolute atomic E-state index is 11.2. The first kappa shape index (κ1) is 14.0. The van der Waals surface area contributed by atoms with Crippen LogP contribution in [0.5, 0.6) is 0 Å². The molecule has 96 valence electrons. The Morgan fingerprint density at radius 3 is 2.24 bits per heavy atom. The van der Waals surface area contributed by atoms with Crippen LogP contribution in [0.25, 0.3) is 0 Å². The zero-order chi connectivity index (χ0) is 13.2. The molecular formula is C12H19ClN2O2. The Kier molecular flexibility index (Phi) is 4.57. The highest BCUT2D eigenvalue weighted by Gasteiger charge is 2.26. The van der Waals surface area contributed by atoms with Gasteiger partial charge in [0.25, 0.3) is 0 Å². The lowest BCUT2D eigenvalue weighted by atomic mass is 10.1. The fourth-order valence-electron chi connectivity index (χ4n) is 1.91. The van der Waals surface area contributed by atoms with Crippen LogP contribution in [0, 0.1) is 0 Å². The fourth-order valence-corrected chi connectivity index (χ4v) is 2.26. The van der Waals surface area contributed by atoms with E-state index >= 15 is 0 Å². The van der Waals surface area contributed by atoms with E-state index in [1.165, 1.54) is 0 Å². The van der Waals surface area contributed by atoms with Gasteiger partial charge in [0.05, 0.1) is 11.7 Å². The van der Waals surface area contributed by atoms with E-state index in [0.717, 1.165) is 12.8 Å². The predicted molar refractivity (Wildman–Crippen MR) is 67.9 cm³/mol. The van der Waals surface area contributed by atoms with Gasteiger partial charge in [-0.3, -0.25) is 0 Å². The SMILES string of the molecule is CCC(CC)n1nc(C(C)C)c(C(=O)O)c1Cl. The van der Waals surface area contributed by atoms with Crippen LogP contribution in [0.3, 0.4) is 0 Å². The topological polar surface area (TPSA) is 55.1 Å². The first-order chi connectivity index (χ1) is 7.93. The number of carbonyl (C=O) groups is 1. The molecule has 0 atom stereocenters. The van der Waals surface area contributed by atoms with Gasteiger partial charge in [-0.1, -0.05) is 39.3 Å². The first-order valence-electron chi connectivity index (χ1n) is 5.95. The number of hydrogen-bond donors (Lipinski definition) is 1. The Morgan fingerprint density at radius 2 is 1.94 bits per heavy atom. The third-order valence-electron chi connectivity index (χ3n) is 2.93. The van der Waals surface area contributed by atoms with E-state index in [9.17, 15) is 9.90 Å². The molecule has 1 aromatic rings. The van der Waals surface area contributed by atoms with E-state index in [1.807, 2.05) is 27.7 Å². The van der Waals surface area contributed by atoms with E-state index < -0.39 is 5.97 Å². The van der Waals surface area contributed by atoms with Gasteiger partial charge in [0.1, 0.15) is 10.7 Å². The van der Waals surface area contributed by atoms with Crippen molar-refractivity contribution in [1.29, 1.82) is 0 Å². The lowest BCUT2D eigenvalue weighted by molar-refractivity contribution is 0.0695.